The molecule has 3 aromatic rings. The van der Waals surface area contributed by atoms with Gasteiger partial charge in [0.1, 0.15) is 17.2 Å². The fourth-order valence-corrected chi connectivity index (χ4v) is 3.64. The number of likely N-dealkylation sites (tertiary alicyclic amines) is 1. The number of benzene rings is 2. The molecule has 0 bridgehead atoms. The first-order valence-electron chi connectivity index (χ1n) is 9.79. The molecule has 1 aromatic heterocycles. The number of nitrogens with zero attached hydrogens (tertiary/aromatic N) is 3. The number of methoxy groups -OCH3 is 2. The van der Waals surface area contributed by atoms with E-state index < -0.39 is 0 Å². The number of aryl methyl sites for hydroxylation is 1. The number of carbonyl (C=O) groups excluding carboxylic acids is 1. The third kappa shape index (κ3) is 3.70. The highest BCUT2D eigenvalue weighted by atomic mass is 16.5. The number of hydrogen-bond acceptors (Lipinski definition) is 4. The largest absolute Gasteiger partial charge is 0.497 e. The van der Waals surface area contributed by atoms with Crippen molar-refractivity contribution in [1.29, 1.82) is 0 Å². The fourth-order valence-electron chi connectivity index (χ4n) is 3.64. The molecule has 1 fully saturated rings. The van der Waals surface area contributed by atoms with E-state index in [1.54, 1.807) is 18.9 Å². The molecule has 0 radical (unpaired) electrons. The number of aromatic nitrogens is 2. The molecule has 1 aliphatic rings. The van der Waals surface area contributed by atoms with Crippen molar-refractivity contribution < 1.29 is 14.3 Å². The van der Waals surface area contributed by atoms with Crippen LogP contribution in [-0.4, -0.2) is 47.9 Å². The first kappa shape index (κ1) is 19.1. The topological polar surface area (TPSA) is 56.6 Å². The molecule has 0 N–H and O–H groups in total. The molecule has 0 atom stereocenters. The third-order valence-electron chi connectivity index (χ3n) is 5.28. The van der Waals surface area contributed by atoms with Gasteiger partial charge in [0, 0.05) is 24.7 Å². The highest BCUT2D eigenvalue weighted by Crippen LogP contribution is 2.34. The van der Waals surface area contributed by atoms with E-state index in [0.717, 1.165) is 42.7 Å². The lowest BCUT2D eigenvalue weighted by Gasteiger charge is -2.16. The zero-order valence-corrected chi connectivity index (χ0v) is 17.0. The molecule has 1 aliphatic heterocycles. The summed E-state index contributed by atoms with van der Waals surface area (Å²) in [4.78, 5) is 15.1. The monoisotopic (exact) mass is 391 g/mol. The van der Waals surface area contributed by atoms with Gasteiger partial charge in [-0.2, -0.15) is 5.10 Å². The highest BCUT2D eigenvalue weighted by Gasteiger charge is 2.25. The Balaban J connectivity index is 1.83. The number of amides is 1. The molecule has 0 aliphatic carbocycles. The molecule has 0 spiro atoms. The van der Waals surface area contributed by atoms with E-state index in [4.69, 9.17) is 14.6 Å². The van der Waals surface area contributed by atoms with Crippen molar-refractivity contribution in [2.45, 2.75) is 19.8 Å². The van der Waals surface area contributed by atoms with Gasteiger partial charge in [0.25, 0.3) is 5.91 Å². The molecule has 2 heterocycles. The van der Waals surface area contributed by atoms with E-state index in [1.807, 2.05) is 60.4 Å². The molecule has 29 heavy (non-hydrogen) atoms. The Morgan fingerprint density at radius 3 is 2.34 bits per heavy atom. The van der Waals surface area contributed by atoms with Gasteiger partial charge in [-0.05, 0) is 50.1 Å². The van der Waals surface area contributed by atoms with Crippen molar-refractivity contribution in [3.8, 4) is 28.4 Å². The zero-order chi connectivity index (χ0) is 20.4. The Morgan fingerprint density at radius 2 is 1.69 bits per heavy atom. The van der Waals surface area contributed by atoms with E-state index in [2.05, 4.69) is 0 Å². The minimum absolute atomic E-state index is 0.00861. The van der Waals surface area contributed by atoms with Crippen LogP contribution in [0.1, 0.15) is 28.9 Å². The predicted octanol–water partition coefficient (Wildman–Crippen LogP) is 4.10. The molecule has 6 heteroatoms. The summed E-state index contributed by atoms with van der Waals surface area (Å²) >= 11 is 0. The summed E-state index contributed by atoms with van der Waals surface area (Å²) in [5.41, 5.74) is 4.08. The maximum absolute atomic E-state index is 13.2. The normalized spacial score (nSPS) is 13.6. The minimum atomic E-state index is 0.00861. The van der Waals surface area contributed by atoms with Crippen molar-refractivity contribution in [2.24, 2.45) is 0 Å². The van der Waals surface area contributed by atoms with Crippen molar-refractivity contribution >= 4 is 5.91 Å². The molecule has 4 rings (SSSR count). The van der Waals surface area contributed by atoms with Crippen molar-refractivity contribution in [1.82, 2.24) is 14.7 Å². The Kier molecular flexibility index (Phi) is 5.25. The average Bonchev–Trinajstić information content (AvgIpc) is 3.44. The van der Waals surface area contributed by atoms with Crippen LogP contribution in [0.25, 0.3) is 16.9 Å². The predicted molar refractivity (Wildman–Crippen MR) is 112 cm³/mol. The van der Waals surface area contributed by atoms with Gasteiger partial charge in [-0.1, -0.05) is 17.7 Å². The van der Waals surface area contributed by atoms with Gasteiger partial charge in [-0.25, -0.2) is 4.68 Å². The number of rotatable bonds is 5. The van der Waals surface area contributed by atoms with Crippen LogP contribution in [0.3, 0.4) is 0 Å². The molecule has 0 saturated carbocycles. The highest BCUT2D eigenvalue weighted by molar-refractivity contribution is 5.94. The van der Waals surface area contributed by atoms with E-state index >= 15 is 0 Å². The van der Waals surface area contributed by atoms with Gasteiger partial charge in [0.05, 0.1) is 25.6 Å². The van der Waals surface area contributed by atoms with Crippen molar-refractivity contribution in [3.05, 3.63) is 59.8 Å². The van der Waals surface area contributed by atoms with Crippen LogP contribution < -0.4 is 9.47 Å². The molecule has 2 aromatic carbocycles. The van der Waals surface area contributed by atoms with Crippen LogP contribution in [0.4, 0.5) is 0 Å². The molecular weight excluding hydrogens is 366 g/mol. The Morgan fingerprint density at radius 1 is 0.966 bits per heavy atom. The third-order valence-corrected chi connectivity index (χ3v) is 5.28. The van der Waals surface area contributed by atoms with Gasteiger partial charge in [-0.3, -0.25) is 4.79 Å². The smallest absolute Gasteiger partial charge is 0.272 e. The van der Waals surface area contributed by atoms with Gasteiger partial charge >= 0.3 is 0 Å². The van der Waals surface area contributed by atoms with Crippen LogP contribution >= 0.6 is 0 Å². The quantitative estimate of drug-likeness (QED) is 0.657. The van der Waals surface area contributed by atoms with Gasteiger partial charge in [0.15, 0.2) is 0 Å². The first-order valence-corrected chi connectivity index (χ1v) is 9.79. The van der Waals surface area contributed by atoms with Crippen LogP contribution in [0.5, 0.6) is 11.5 Å². The lowest BCUT2D eigenvalue weighted by molar-refractivity contribution is 0.0784. The van der Waals surface area contributed by atoms with Crippen molar-refractivity contribution in [2.75, 3.05) is 27.3 Å². The maximum Gasteiger partial charge on any atom is 0.272 e. The summed E-state index contributed by atoms with van der Waals surface area (Å²) < 4.78 is 12.6. The van der Waals surface area contributed by atoms with Crippen LogP contribution in [0, 0.1) is 6.92 Å². The maximum atomic E-state index is 13.2. The summed E-state index contributed by atoms with van der Waals surface area (Å²) in [5, 5.41) is 4.79. The summed E-state index contributed by atoms with van der Waals surface area (Å²) in [7, 11) is 3.24. The minimum Gasteiger partial charge on any atom is -0.497 e. The molecule has 1 saturated heterocycles. The Hall–Kier alpha value is -3.28. The van der Waals surface area contributed by atoms with E-state index in [-0.39, 0.29) is 5.91 Å². The summed E-state index contributed by atoms with van der Waals surface area (Å²) in [6, 6.07) is 15.5. The molecular formula is C23H25N3O3. The summed E-state index contributed by atoms with van der Waals surface area (Å²) in [6.07, 6.45) is 2.09. The summed E-state index contributed by atoms with van der Waals surface area (Å²) in [6.45, 7) is 3.62. The lowest BCUT2D eigenvalue weighted by Crippen LogP contribution is -2.29. The van der Waals surface area contributed by atoms with E-state index in [0.29, 0.717) is 22.9 Å². The SMILES string of the molecule is COc1ccc(-c2cc(C(=O)N3CCCC3)n(-c3ccc(C)cc3)n2)c(OC)c1. The van der Waals surface area contributed by atoms with Crippen molar-refractivity contribution in [3.63, 3.8) is 0 Å². The molecule has 0 unspecified atom stereocenters. The fraction of sp³-hybridized carbons (Fsp3) is 0.304. The molecule has 150 valence electrons. The second-order valence-corrected chi connectivity index (χ2v) is 7.23. The van der Waals surface area contributed by atoms with Gasteiger partial charge < -0.3 is 14.4 Å². The average molecular weight is 391 g/mol. The molecule has 1 amide bonds. The Bertz CT molecular complexity index is 1020. The number of carbonyl (C=O) groups is 1. The standard InChI is InChI=1S/C23H25N3O3/c1-16-6-8-17(9-7-16)26-21(23(27)25-12-4-5-13-25)15-20(24-26)19-11-10-18(28-2)14-22(19)29-3/h6-11,14-15H,4-5,12-13H2,1-3H3. The Labute approximate surface area is 170 Å². The van der Waals surface area contributed by atoms with Gasteiger partial charge in [0.2, 0.25) is 0 Å². The van der Waals surface area contributed by atoms with Gasteiger partial charge in [-0.15, -0.1) is 0 Å². The number of hydrogen-bond donors (Lipinski definition) is 0. The van der Waals surface area contributed by atoms with E-state index in [9.17, 15) is 4.79 Å². The van der Waals surface area contributed by atoms with Crippen LogP contribution in [0.15, 0.2) is 48.5 Å². The van der Waals surface area contributed by atoms with Crippen LogP contribution in [-0.2, 0) is 0 Å². The second kappa shape index (κ2) is 7.99. The summed E-state index contributed by atoms with van der Waals surface area (Å²) in [5.74, 6) is 1.37. The number of ether oxygens (including phenoxy) is 2. The van der Waals surface area contributed by atoms with E-state index in [1.165, 1.54) is 0 Å². The molecule has 6 nitrogen and oxygen atoms in total. The zero-order valence-electron chi connectivity index (χ0n) is 17.0. The second-order valence-electron chi connectivity index (χ2n) is 7.23. The first-order chi connectivity index (χ1) is 14.1. The van der Waals surface area contributed by atoms with Crippen LogP contribution in [0.2, 0.25) is 0 Å². The lowest BCUT2D eigenvalue weighted by atomic mass is 10.1.